The van der Waals surface area contributed by atoms with E-state index in [1.807, 2.05) is 83.4 Å². The van der Waals surface area contributed by atoms with Crippen LogP contribution in [-0.4, -0.2) is 33.9 Å². The van der Waals surface area contributed by atoms with E-state index in [0.717, 1.165) is 0 Å². The lowest BCUT2D eigenvalue weighted by molar-refractivity contribution is -0.121. The summed E-state index contributed by atoms with van der Waals surface area (Å²) in [4.78, 5) is 31.2. The van der Waals surface area contributed by atoms with Crippen LogP contribution in [-0.2, 0) is 10.2 Å². The number of carbonyl (C=O) groups is 2. The van der Waals surface area contributed by atoms with Gasteiger partial charge < -0.3 is 31.4 Å². The number of rotatable bonds is 11. The number of nitrogens with two attached hydrogens (primary N) is 2. The largest absolute Gasteiger partial charge is 0.457 e. The molecule has 1 atom stereocenters. The second-order valence-electron chi connectivity index (χ2n) is 12.1. The summed E-state index contributed by atoms with van der Waals surface area (Å²) in [6.45, 7) is 6.83. The van der Waals surface area contributed by atoms with E-state index < -0.39 is 11.9 Å². The number of aromatic nitrogens is 2. The second kappa shape index (κ2) is 13.6. The van der Waals surface area contributed by atoms with Crippen molar-refractivity contribution >= 4 is 34.5 Å². The molecule has 0 aliphatic carbocycles. The number of anilines is 1. The molecule has 0 saturated carbocycles. The lowest BCUT2D eigenvalue weighted by atomic mass is 9.87. The zero-order chi connectivity index (χ0) is 32.8. The summed E-state index contributed by atoms with van der Waals surface area (Å²) in [5.74, 6) is 0.843. The number of imidazole rings is 1. The van der Waals surface area contributed by atoms with Gasteiger partial charge in [0.25, 0.3) is 5.91 Å². The highest BCUT2D eigenvalue weighted by molar-refractivity contribution is 6.06. The maximum absolute atomic E-state index is 13.3. The second-order valence-corrected chi connectivity index (χ2v) is 12.1. The average Bonchev–Trinajstić information content (AvgIpc) is 3.39. The van der Waals surface area contributed by atoms with Crippen molar-refractivity contribution in [1.82, 2.24) is 14.9 Å². The van der Waals surface area contributed by atoms with Crippen molar-refractivity contribution in [2.45, 2.75) is 45.1 Å². The summed E-state index contributed by atoms with van der Waals surface area (Å²) in [5, 5.41) is 13.2. The normalized spacial score (nSPS) is 12.0. The summed E-state index contributed by atoms with van der Waals surface area (Å²) in [5.41, 5.74) is 15.6. The monoisotopic (exact) mass is 617 g/mol. The van der Waals surface area contributed by atoms with Gasteiger partial charge in [-0.2, -0.15) is 0 Å². The van der Waals surface area contributed by atoms with Crippen molar-refractivity contribution in [2.75, 3.05) is 11.9 Å². The van der Waals surface area contributed by atoms with Crippen LogP contribution in [0.4, 0.5) is 5.69 Å². The van der Waals surface area contributed by atoms with Gasteiger partial charge in [0.05, 0.1) is 11.0 Å². The van der Waals surface area contributed by atoms with E-state index in [1.54, 1.807) is 18.2 Å². The Labute approximate surface area is 268 Å². The number of benzene rings is 4. The van der Waals surface area contributed by atoms with Crippen LogP contribution in [0.5, 0.6) is 11.5 Å². The summed E-state index contributed by atoms with van der Waals surface area (Å²) < 4.78 is 7.89. The first-order chi connectivity index (χ1) is 22.0. The maximum Gasteiger partial charge on any atom is 0.255 e. The number of hydrogen-bond donors (Lipinski definition) is 5. The van der Waals surface area contributed by atoms with Crippen LogP contribution < -0.4 is 26.8 Å². The quantitative estimate of drug-likeness (QED) is 0.0661. The van der Waals surface area contributed by atoms with Crippen molar-refractivity contribution in [2.24, 2.45) is 11.5 Å². The first-order valence-corrected chi connectivity index (χ1v) is 15.1. The zero-order valence-electron chi connectivity index (χ0n) is 26.2. The van der Waals surface area contributed by atoms with Crippen molar-refractivity contribution in [3.05, 3.63) is 108 Å². The smallest absolute Gasteiger partial charge is 0.255 e. The third kappa shape index (κ3) is 7.52. The molecule has 0 aliphatic heterocycles. The summed E-state index contributed by atoms with van der Waals surface area (Å²) >= 11 is 0. The van der Waals surface area contributed by atoms with Gasteiger partial charge in [0.1, 0.15) is 23.4 Å². The number of primary amides is 1. The Morgan fingerprint density at radius 1 is 0.913 bits per heavy atom. The molecule has 0 radical (unpaired) electrons. The summed E-state index contributed by atoms with van der Waals surface area (Å²) in [6.07, 6.45) is 0.902. The van der Waals surface area contributed by atoms with E-state index in [4.69, 9.17) is 26.6 Å². The molecule has 236 valence electrons. The number of guanidine groups is 1. The molecule has 5 rings (SSSR count). The molecule has 1 aromatic heterocycles. The Balaban J connectivity index is 1.52. The Morgan fingerprint density at radius 2 is 1.63 bits per heavy atom. The van der Waals surface area contributed by atoms with Gasteiger partial charge in [0.2, 0.25) is 5.91 Å². The SMILES string of the molecule is CC(C)(C)c1ccc(NC(=O)c2ccc3c(c2)nc(-c2cccc(Oc4ccccc4)c2)n3C(CCCNC(=N)N)C(N)=O)cc1. The van der Waals surface area contributed by atoms with Crippen LogP contribution >= 0.6 is 0 Å². The molecule has 1 heterocycles. The van der Waals surface area contributed by atoms with Crippen molar-refractivity contribution in [1.29, 1.82) is 5.41 Å². The van der Waals surface area contributed by atoms with Gasteiger partial charge in [-0.25, -0.2) is 4.98 Å². The standard InChI is InChI=1S/C36H39N7O3/c1-36(2,3)25-15-17-26(18-16-25)41-34(45)24-14-19-30-29(22-24)42-33(43(30)31(32(37)44)13-8-20-40-35(38)39)23-9-7-12-28(21-23)46-27-10-5-4-6-11-27/h4-7,9-12,14-19,21-22,31H,8,13,20H2,1-3H3,(H2,37,44)(H,41,45)(H4,38,39,40). The van der Waals surface area contributed by atoms with E-state index in [2.05, 4.69) is 31.4 Å². The lowest BCUT2D eigenvalue weighted by Gasteiger charge is -2.20. The molecule has 1 unspecified atom stereocenters. The molecular weight excluding hydrogens is 578 g/mol. The predicted molar refractivity (Wildman–Crippen MR) is 182 cm³/mol. The first-order valence-electron chi connectivity index (χ1n) is 15.1. The number of para-hydroxylation sites is 1. The van der Waals surface area contributed by atoms with E-state index in [1.165, 1.54) is 5.56 Å². The van der Waals surface area contributed by atoms with Gasteiger partial charge in [-0.3, -0.25) is 15.0 Å². The van der Waals surface area contributed by atoms with E-state index >= 15 is 0 Å². The van der Waals surface area contributed by atoms with Gasteiger partial charge in [-0.05, 0) is 78.4 Å². The molecule has 0 spiro atoms. The third-order valence-electron chi connectivity index (χ3n) is 7.64. The number of nitrogens with zero attached hydrogens (tertiary/aromatic N) is 2. The highest BCUT2D eigenvalue weighted by Crippen LogP contribution is 2.34. The predicted octanol–water partition coefficient (Wildman–Crippen LogP) is 6.34. The number of nitrogens with one attached hydrogen (secondary N) is 3. The Kier molecular flexibility index (Phi) is 9.37. The fourth-order valence-electron chi connectivity index (χ4n) is 5.26. The molecule has 46 heavy (non-hydrogen) atoms. The molecule has 2 amide bonds. The fraction of sp³-hybridized carbons (Fsp3) is 0.222. The number of carbonyl (C=O) groups excluding carboxylic acids is 2. The zero-order valence-corrected chi connectivity index (χ0v) is 26.2. The molecule has 10 nitrogen and oxygen atoms in total. The molecule has 10 heteroatoms. The average molecular weight is 618 g/mol. The molecule has 4 aromatic carbocycles. The number of ether oxygens (including phenoxy) is 1. The molecule has 7 N–H and O–H groups in total. The Morgan fingerprint density at radius 3 is 2.30 bits per heavy atom. The van der Waals surface area contributed by atoms with Gasteiger partial charge in [0.15, 0.2) is 5.96 Å². The van der Waals surface area contributed by atoms with Crippen LogP contribution in [0.25, 0.3) is 22.4 Å². The highest BCUT2D eigenvalue weighted by Gasteiger charge is 2.25. The van der Waals surface area contributed by atoms with Gasteiger partial charge in [-0.15, -0.1) is 0 Å². The van der Waals surface area contributed by atoms with Crippen LogP contribution in [0.2, 0.25) is 0 Å². The molecule has 0 aliphatic rings. The van der Waals surface area contributed by atoms with Gasteiger partial charge in [0, 0.05) is 23.4 Å². The fourth-order valence-corrected chi connectivity index (χ4v) is 5.26. The first kappa shape index (κ1) is 31.8. The van der Waals surface area contributed by atoms with Gasteiger partial charge >= 0.3 is 0 Å². The van der Waals surface area contributed by atoms with Crippen molar-refractivity contribution in [3.63, 3.8) is 0 Å². The molecular formula is C36H39N7O3. The molecule has 0 saturated heterocycles. The topological polar surface area (TPSA) is 161 Å². The van der Waals surface area contributed by atoms with Crippen molar-refractivity contribution in [3.8, 4) is 22.9 Å². The minimum Gasteiger partial charge on any atom is -0.457 e. The van der Waals surface area contributed by atoms with Crippen LogP contribution in [0.3, 0.4) is 0 Å². The number of fused-ring (bicyclic) bond motifs is 1. The van der Waals surface area contributed by atoms with Crippen LogP contribution in [0, 0.1) is 5.41 Å². The minimum absolute atomic E-state index is 0.00398. The van der Waals surface area contributed by atoms with E-state index in [9.17, 15) is 9.59 Å². The highest BCUT2D eigenvalue weighted by atomic mass is 16.5. The molecule has 5 aromatic rings. The van der Waals surface area contributed by atoms with Crippen LogP contribution in [0.1, 0.15) is 55.6 Å². The summed E-state index contributed by atoms with van der Waals surface area (Å²) in [7, 11) is 0. The Bertz CT molecular complexity index is 1860. The molecule has 0 fully saturated rings. The lowest BCUT2D eigenvalue weighted by Crippen LogP contribution is -2.32. The van der Waals surface area contributed by atoms with E-state index in [0.29, 0.717) is 64.6 Å². The number of amides is 2. The number of hydrogen-bond acceptors (Lipinski definition) is 5. The van der Waals surface area contributed by atoms with E-state index in [-0.39, 0.29) is 17.3 Å². The summed E-state index contributed by atoms with van der Waals surface area (Å²) in [6, 6.07) is 29.2. The third-order valence-corrected chi connectivity index (χ3v) is 7.64. The van der Waals surface area contributed by atoms with Crippen LogP contribution in [0.15, 0.2) is 97.1 Å². The van der Waals surface area contributed by atoms with Crippen molar-refractivity contribution < 1.29 is 14.3 Å². The maximum atomic E-state index is 13.3. The molecule has 0 bridgehead atoms. The van der Waals surface area contributed by atoms with Gasteiger partial charge in [-0.1, -0.05) is 63.2 Å². The Hall–Kier alpha value is -5.64. The minimum atomic E-state index is -0.756.